The molecular formula is C22H23F3N4O2S. The first-order chi connectivity index (χ1) is 15.0. The molecule has 2 aromatic carbocycles. The van der Waals surface area contributed by atoms with Gasteiger partial charge in [0.05, 0.1) is 22.5 Å². The Morgan fingerprint density at radius 1 is 1.16 bits per heavy atom. The van der Waals surface area contributed by atoms with E-state index in [1.807, 2.05) is 7.05 Å². The number of hydrogen-bond acceptors (Lipinski definition) is 4. The molecule has 0 amide bonds. The Morgan fingerprint density at radius 3 is 2.38 bits per heavy atom. The lowest BCUT2D eigenvalue weighted by atomic mass is 9.97. The maximum atomic E-state index is 12.8. The lowest BCUT2D eigenvalue weighted by Gasteiger charge is -2.18. The summed E-state index contributed by atoms with van der Waals surface area (Å²) in [6.45, 7) is 0.259. The second-order valence-electron chi connectivity index (χ2n) is 8.13. The minimum atomic E-state index is -4.39. The van der Waals surface area contributed by atoms with E-state index in [1.165, 1.54) is 18.2 Å². The predicted molar refractivity (Wildman–Crippen MR) is 115 cm³/mol. The minimum Gasteiger partial charge on any atom is -0.380 e. The molecule has 1 aliphatic carbocycles. The van der Waals surface area contributed by atoms with Crippen LogP contribution in [0.4, 0.5) is 18.9 Å². The van der Waals surface area contributed by atoms with Crippen LogP contribution in [0, 0.1) is 5.92 Å². The van der Waals surface area contributed by atoms with Crippen molar-refractivity contribution in [3.8, 4) is 11.3 Å². The van der Waals surface area contributed by atoms with E-state index in [9.17, 15) is 21.6 Å². The van der Waals surface area contributed by atoms with Crippen molar-refractivity contribution < 1.29 is 21.6 Å². The van der Waals surface area contributed by atoms with E-state index in [1.54, 1.807) is 23.2 Å². The number of benzene rings is 2. The summed E-state index contributed by atoms with van der Waals surface area (Å²) in [5.74, 6) is 0.392. The van der Waals surface area contributed by atoms with Crippen LogP contribution in [0.25, 0.3) is 11.3 Å². The average molecular weight is 465 g/mol. The third-order valence-corrected chi connectivity index (χ3v) is 6.49. The van der Waals surface area contributed by atoms with Crippen molar-refractivity contribution in [2.75, 3.05) is 5.32 Å². The first kappa shape index (κ1) is 22.3. The Kier molecular flexibility index (Phi) is 5.76. The molecule has 1 aliphatic rings. The Balaban J connectivity index is 1.72. The molecule has 6 nitrogen and oxygen atoms in total. The maximum Gasteiger partial charge on any atom is 0.416 e. The summed E-state index contributed by atoms with van der Waals surface area (Å²) in [4.78, 5) is 4.49. The summed E-state index contributed by atoms with van der Waals surface area (Å²) in [6, 6.07) is 8.03. The van der Waals surface area contributed by atoms with Gasteiger partial charge in [-0.3, -0.25) is 0 Å². The summed E-state index contributed by atoms with van der Waals surface area (Å²) in [7, 11) is -2.13. The van der Waals surface area contributed by atoms with Gasteiger partial charge in [-0.2, -0.15) is 13.2 Å². The monoisotopic (exact) mass is 464 g/mol. The molecule has 0 bridgehead atoms. The van der Waals surface area contributed by atoms with Crippen LogP contribution < -0.4 is 10.5 Å². The number of halogens is 3. The Hall–Kier alpha value is -2.85. The summed E-state index contributed by atoms with van der Waals surface area (Å²) in [6.07, 6.45) is 1.64. The van der Waals surface area contributed by atoms with E-state index >= 15 is 0 Å². The smallest absolute Gasteiger partial charge is 0.380 e. The topological polar surface area (TPSA) is 90.0 Å². The number of alkyl halides is 3. The van der Waals surface area contributed by atoms with Gasteiger partial charge < -0.3 is 9.88 Å². The number of anilines is 1. The fourth-order valence-corrected chi connectivity index (χ4v) is 4.49. The van der Waals surface area contributed by atoms with Crippen LogP contribution in [-0.4, -0.2) is 18.0 Å². The second-order valence-corrected chi connectivity index (χ2v) is 9.66. The number of imidazole rings is 1. The van der Waals surface area contributed by atoms with Crippen LogP contribution >= 0.6 is 0 Å². The SMILES string of the molecule is Cn1cnc(-c2c(NCc3ccc(C(F)(F)F)cc3)ccc(S(N)(=O)=O)c2CC2CC2)c1. The van der Waals surface area contributed by atoms with E-state index in [4.69, 9.17) is 5.14 Å². The van der Waals surface area contributed by atoms with Crippen molar-refractivity contribution in [3.05, 3.63) is 65.6 Å². The molecule has 0 aliphatic heterocycles. The highest BCUT2D eigenvalue weighted by Gasteiger charge is 2.30. The molecule has 10 heteroatoms. The molecule has 170 valence electrons. The number of nitrogens with two attached hydrogens (primary N) is 1. The molecule has 1 aromatic heterocycles. The van der Waals surface area contributed by atoms with Crippen LogP contribution in [0.3, 0.4) is 0 Å². The van der Waals surface area contributed by atoms with Gasteiger partial charge >= 0.3 is 6.18 Å². The zero-order valence-electron chi connectivity index (χ0n) is 17.4. The largest absolute Gasteiger partial charge is 0.416 e. The predicted octanol–water partition coefficient (Wildman–Crippen LogP) is 4.32. The molecule has 3 aromatic rings. The van der Waals surface area contributed by atoms with Gasteiger partial charge in [0.25, 0.3) is 0 Å². The number of rotatable bonds is 7. The van der Waals surface area contributed by atoms with Crippen molar-refractivity contribution in [1.82, 2.24) is 9.55 Å². The van der Waals surface area contributed by atoms with Crippen LogP contribution in [0.15, 0.2) is 53.8 Å². The highest BCUT2D eigenvalue weighted by molar-refractivity contribution is 7.89. The minimum absolute atomic E-state index is 0.0742. The van der Waals surface area contributed by atoms with Gasteiger partial charge in [-0.05, 0) is 60.6 Å². The molecule has 0 unspecified atom stereocenters. The van der Waals surface area contributed by atoms with Gasteiger partial charge in [0.15, 0.2) is 0 Å². The molecule has 4 rings (SSSR count). The third-order valence-electron chi connectivity index (χ3n) is 5.49. The van der Waals surface area contributed by atoms with E-state index < -0.39 is 21.8 Å². The number of aromatic nitrogens is 2. The number of sulfonamides is 1. The second kappa shape index (κ2) is 8.25. The number of nitrogens with one attached hydrogen (secondary N) is 1. The Bertz CT molecular complexity index is 1230. The molecule has 0 saturated heterocycles. The fourth-order valence-electron chi connectivity index (χ4n) is 3.70. The normalized spacial score (nSPS) is 14.5. The summed E-state index contributed by atoms with van der Waals surface area (Å²) in [5.41, 5.74) is 2.46. The van der Waals surface area contributed by atoms with E-state index in [0.717, 1.165) is 25.0 Å². The van der Waals surface area contributed by atoms with Crippen LogP contribution in [-0.2, 0) is 36.2 Å². The molecule has 0 atom stereocenters. The summed E-state index contributed by atoms with van der Waals surface area (Å²) >= 11 is 0. The third kappa shape index (κ3) is 4.97. The zero-order chi connectivity index (χ0) is 23.1. The van der Waals surface area contributed by atoms with Crippen molar-refractivity contribution in [3.63, 3.8) is 0 Å². The highest BCUT2D eigenvalue weighted by atomic mass is 32.2. The molecule has 32 heavy (non-hydrogen) atoms. The Morgan fingerprint density at radius 2 is 1.84 bits per heavy atom. The summed E-state index contributed by atoms with van der Waals surface area (Å²) in [5, 5.41) is 8.75. The van der Waals surface area contributed by atoms with Crippen molar-refractivity contribution in [2.45, 2.75) is 36.9 Å². The molecule has 3 N–H and O–H groups in total. The quantitative estimate of drug-likeness (QED) is 0.545. The molecule has 1 fully saturated rings. The molecule has 1 heterocycles. The molecule has 0 spiro atoms. The van der Waals surface area contributed by atoms with E-state index in [2.05, 4.69) is 10.3 Å². The highest BCUT2D eigenvalue weighted by Crippen LogP contribution is 2.41. The van der Waals surface area contributed by atoms with Gasteiger partial charge in [-0.1, -0.05) is 12.1 Å². The van der Waals surface area contributed by atoms with Gasteiger partial charge in [0.2, 0.25) is 10.0 Å². The van der Waals surface area contributed by atoms with Crippen LogP contribution in [0.1, 0.15) is 29.5 Å². The number of nitrogens with zero attached hydrogens (tertiary/aromatic N) is 2. The Labute approximate surface area is 184 Å². The van der Waals surface area contributed by atoms with Gasteiger partial charge in [-0.25, -0.2) is 18.5 Å². The van der Waals surface area contributed by atoms with Crippen molar-refractivity contribution in [1.29, 1.82) is 0 Å². The molecular weight excluding hydrogens is 441 g/mol. The van der Waals surface area contributed by atoms with Crippen molar-refractivity contribution >= 4 is 15.7 Å². The van der Waals surface area contributed by atoms with Gasteiger partial charge in [-0.15, -0.1) is 0 Å². The number of aryl methyl sites for hydroxylation is 1. The molecule has 1 saturated carbocycles. The lowest BCUT2D eigenvalue weighted by molar-refractivity contribution is -0.137. The number of hydrogen-bond donors (Lipinski definition) is 2. The first-order valence-corrected chi connectivity index (χ1v) is 11.6. The van der Waals surface area contributed by atoms with Gasteiger partial charge in [0.1, 0.15) is 0 Å². The van der Waals surface area contributed by atoms with Crippen LogP contribution in [0.2, 0.25) is 0 Å². The average Bonchev–Trinajstić information content (AvgIpc) is 3.42. The molecule has 0 radical (unpaired) electrons. The fraction of sp³-hybridized carbons (Fsp3) is 0.318. The van der Waals surface area contributed by atoms with E-state index in [-0.39, 0.29) is 11.4 Å². The van der Waals surface area contributed by atoms with E-state index in [0.29, 0.717) is 40.4 Å². The zero-order valence-corrected chi connectivity index (χ0v) is 18.2. The first-order valence-electron chi connectivity index (χ1n) is 10.1. The lowest BCUT2D eigenvalue weighted by Crippen LogP contribution is -2.16. The van der Waals surface area contributed by atoms with Crippen molar-refractivity contribution in [2.24, 2.45) is 18.1 Å². The number of primary sulfonamides is 1. The summed E-state index contributed by atoms with van der Waals surface area (Å²) < 4.78 is 64.8. The standard InChI is InChI=1S/C22H23F3N4O2S/c1-29-12-19(28-13-29)21-17(10-14-2-3-14)20(32(26,30)31)9-8-18(21)27-11-15-4-6-16(7-5-15)22(23,24)25/h4-9,12-14,27H,2-3,10-11H2,1H3,(H2,26,30,31). The van der Waals surface area contributed by atoms with Crippen LogP contribution in [0.5, 0.6) is 0 Å². The van der Waals surface area contributed by atoms with Gasteiger partial charge in [0, 0.05) is 31.0 Å². The maximum absolute atomic E-state index is 12.8.